The second-order valence-corrected chi connectivity index (χ2v) is 5.69. The van der Waals surface area contributed by atoms with Crippen LogP contribution in [0.5, 0.6) is 0 Å². The van der Waals surface area contributed by atoms with Gasteiger partial charge in [0.1, 0.15) is 0 Å². The molecule has 18 heavy (non-hydrogen) atoms. The van der Waals surface area contributed by atoms with Gasteiger partial charge < -0.3 is 0 Å². The van der Waals surface area contributed by atoms with E-state index in [1.165, 1.54) is 25.8 Å². The largest absolute Gasteiger partial charge is 0.294 e. The average molecular weight is 309 g/mol. The number of aromatic nitrogens is 3. The van der Waals surface area contributed by atoms with Crippen LogP contribution < -0.4 is 0 Å². The predicted octanol–water partition coefficient (Wildman–Crippen LogP) is 3.04. The second-order valence-electron chi connectivity index (χ2n) is 4.77. The van der Waals surface area contributed by atoms with Crippen LogP contribution in [0.2, 0.25) is 0 Å². The molecule has 1 atom stereocenters. The van der Waals surface area contributed by atoms with Gasteiger partial charge in [-0.3, -0.25) is 9.30 Å². The van der Waals surface area contributed by atoms with Crippen LogP contribution in [0.3, 0.4) is 0 Å². The van der Waals surface area contributed by atoms with E-state index in [9.17, 15) is 0 Å². The lowest BCUT2D eigenvalue weighted by Gasteiger charge is -2.33. The summed E-state index contributed by atoms with van der Waals surface area (Å²) in [6.45, 7) is 4.47. The molecule has 0 spiro atoms. The second kappa shape index (κ2) is 4.97. The molecule has 5 heteroatoms. The van der Waals surface area contributed by atoms with Gasteiger partial charge in [-0.2, -0.15) is 0 Å². The van der Waals surface area contributed by atoms with Gasteiger partial charge in [0.2, 0.25) is 0 Å². The summed E-state index contributed by atoms with van der Waals surface area (Å²) in [5.74, 6) is 1.08. The van der Waals surface area contributed by atoms with Gasteiger partial charge >= 0.3 is 0 Å². The molecule has 0 saturated carbocycles. The monoisotopic (exact) mass is 308 g/mol. The molecule has 1 saturated heterocycles. The first kappa shape index (κ1) is 12.1. The van der Waals surface area contributed by atoms with E-state index < -0.39 is 0 Å². The van der Waals surface area contributed by atoms with E-state index in [-0.39, 0.29) is 0 Å². The molecule has 0 N–H and O–H groups in total. The van der Waals surface area contributed by atoms with Crippen molar-refractivity contribution >= 4 is 21.6 Å². The first-order chi connectivity index (χ1) is 8.79. The van der Waals surface area contributed by atoms with Crippen molar-refractivity contribution in [3.8, 4) is 0 Å². The highest BCUT2D eigenvalue weighted by Gasteiger charge is 2.26. The summed E-state index contributed by atoms with van der Waals surface area (Å²) in [5, 5.41) is 8.69. The Morgan fingerprint density at radius 2 is 2.28 bits per heavy atom. The van der Waals surface area contributed by atoms with Crippen molar-refractivity contribution in [2.75, 3.05) is 13.1 Å². The van der Waals surface area contributed by atoms with Crippen LogP contribution in [0.4, 0.5) is 0 Å². The van der Waals surface area contributed by atoms with Crippen molar-refractivity contribution in [2.24, 2.45) is 0 Å². The number of halogens is 1. The quantitative estimate of drug-likeness (QED) is 0.855. The van der Waals surface area contributed by atoms with Crippen molar-refractivity contribution < 1.29 is 0 Å². The maximum atomic E-state index is 4.41. The van der Waals surface area contributed by atoms with E-state index in [1.54, 1.807) is 0 Å². The molecule has 1 aliphatic rings. The van der Waals surface area contributed by atoms with Crippen molar-refractivity contribution in [2.45, 2.75) is 32.2 Å². The summed E-state index contributed by atoms with van der Waals surface area (Å²) < 4.78 is 3.16. The summed E-state index contributed by atoms with van der Waals surface area (Å²) >= 11 is 3.47. The van der Waals surface area contributed by atoms with Gasteiger partial charge in [0.15, 0.2) is 11.5 Å². The van der Waals surface area contributed by atoms with Gasteiger partial charge in [-0.05, 0) is 38.1 Å². The fraction of sp³-hybridized carbons (Fsp3) is 0.538. The standard InChI is InChI=1S/C13H17BrN4/c1-2-17-7-4-3-5-11(17)13-16-15-12-9-10(14)6-8-18(12)13/h6,8-9,11H,2-5,7H2,1H3. The molecule has 2 aromatic heterocycles. The lowest BCUT2D eigenvalue weighted by Crippen LogP contribution is -2.34. The molecule has 1 fully saturated rings. The molecule has 2 aromatic rings. The molecule has 1 aliphatic heterocycles. The SMILES string of the molecule is CCN1CCCCC1c1nnc2cc(Br)ccn12. The summed E-state index contributed by atoms with van der Waals surface area (Å²) in [4.78, 5) is 2.50. The third-order valence-electron chi connectivity index (χ3n) is 3.72. The number of hydrogen-bond donors (Lipinski definition) is 0. The normalized spacial score (nSPS) is 21.6. The number of pyridine rings is 1. The number of piperidine rings is 1. The van der Waals surface area contributed by atoms with Crippen LogP contribution in [0.15, 0.2) is 22.8 Å². The van der Waals surface area contributed by atoms with Gasteiger partial charge in [-0.1, -0.05) is 29.3 Å². The Kier molecular flexibility index (Phi) is 3.35. The van der Waals surface area contributed by atoms with Gasteiger partial charge in [0.25, 0.3) is 0 Å². The zero-order chi connectivity index (χ0) is 12.5. The van der Waals surface area contributed by atoms with Crippen LogP contribution in [0.1, 0.15) is 38.1 Å². The summed E-state index contributed by atoms with van der Waals surface area (Å²) in [7, 11) is 0. The lowest BCUT2D eigenvalue weighted by atomic mass is 10.0. The van der Waals surface area contributed by atoms with Crippen molar-refractivity contribution in [1.82, 2.24) is 19.5 Å². The van der Waals surface area contributed by atoms with E-state index >= 15 is 0 Å². The fourth-order valence-electron chi connectivity index (χ4n) is 2.77. The molecular formula is C13H17BrN4. The smallest absolute Gasteiger partial charge is 0.161 e. The maximum Gasteiger partial charge on any atom is 0.161 e. The minimum absolute atomic E-state index is 0.417. The highest BCUT2D eigenvalue weighted by molar-refractivity contribution is 9.10. The van der Waals surface area contributed by atoms with E-state index in [0.29, 0.717) is 6.04 Å². The molecule has 0 aliphatic carbocycles. The highest BCUT2D eigenvalue weighted by Crippen LogP contribution is 2.29. The van der Waals surface area contributed by atoms with Crippen molar-refractivity contribution in [3.05, 3.63) is 28.6 Å². The summed E-state index contributed by atoms with van der Waals surface area (Å²) in [6.07, 6.45) is 5.82. The number of nitrogens with zero attached hydrogens (tertiary/aromatic N) is 4. The first-order valence-electron chi connectivity index (χ1n) is 6.54. The van der Waals surface area contributed by atoms with E-state index in [1.807, 2.05) is 12.1 Å². The van der Waals surface area contributed by atoms with E-state index in [2.05, 4.69) is 48.5 Å². The fourth-order valence-corrected chi connectivity index (χ4v) is 3.10. The number of likely N-dealkylation sites (tertiary alicyclic amines) is 1. The molecule has 0 amide bonds. The van der Waals surface area contributed by atoms with Crippen molar-refractivity contribution in [3.63, 3.8) is 0 Å². The van der Waals surface area contributed by atoms with Crippen LogP contribution in [0.25, 0.3) is 5.65 Å². The number of hydrogen-bond acceptors (Lipinski definition) is 3. The van der Waals surface area contributed by atoms with Gasteiger partial charge in [0.05, 0.1) is 6.04 Å². The summed E-state index contributed by atoms with van der Waals surface area (Å²) in [5.41, 5.74) is 0.918. The van der Waals surface area contributed by atoms with Crippen LogP contribution in [0, 0.1) is 0 Å². The molecular weight excluding hydrogens is 292 g/mol. The van der Waals surface area contributed by atoms with Crippen LogP contribution in [-0.4, -0.2) is 32.6 Å². The predicted molar refractivity (Wildman–Crippen MR) is 74.5 cm³/mol. The van der Waals surface area contributed by atoms with Gasteiger partial charge in [-0.15, -0.1) is 10.2 Å². The zero-order valence-corrected chi connectivity index (χ0v) is 12.1. The minimum Gasteiger partial charge on any atom is -0.294 e. The number of fused-ring (bicyclic) bond motifs is 1. The van der Waals surface area contributed by atoms with Crippen LogP contribution >= 0.6 is 15.9 Å². The molecule has 96 valence electrons. The average Bonchev–Trinajstić information content (AvgIpc) is 2.81. The highest BCUT2D eigenvalue weighted by atomic mass is 79.9. The Hall–Kier alpha value is -0.940. The molecule has 1 unspecified atom stereocenters. The van der Waals surface area contributed by atoms with E-state index in [4.69, 9.17) is 0 Å². The van der Waals surface area contributed by atoms with Gasteiger partial charge in [-0.25, -0.2) is 0 Å². The molecule has 3 rings (SSSR count). The maximum absolute atomic E-state index is 4.41. The van der Waals surface area contributed by atoms with Crippen LogP contribution in [-0.2, 0) is 0 Å². The van der Waals surface area contributed by atoms with Gasteiger partial charge in [0, 0.05) is 10.7 Å². The lowest BCUT2D eigenvalue weighted by molar-refractivity contribution is 0.149. The third kappa shape index (κ3) is 2.06. The topological polar surface area (TPSA) is 33.4 Å². The Bertz CT molecular complexity index is 551. The first-order valence-corrected chi connectivity index (χ1v) is 7.33. The molecule has 4 nitrogen and oxygen atoms in total. The molecule has 3 heterocycles. The molecule has 0 bridgehead atoms. The van der Waals surface area contributed by atoms with E-state index in [0.717, 1.165) is 22.5 Å². The number of rotatable bonds is 2. The zero-order valence-electron chi connectivity index (χ0n) is 10.5. The Labute approximate surface area is 115 Å². The Balaban J connectivity index is 2.02. The van der Waals surface area contributed by atoms with Crippen molar-refractivity contribution in [1.29, 1.82) is 0 Å². The molecule has 0 radical (unpaired) electrons. The minimum atomic E-state index is 0.417. The Morgan fingerprint density at radius 1 is 1.39 bits per heavy atom. The third-order valence-corrected chi connectivity index (χ3v) is 4.21. The molecule has 0 aromatic carbocycles. The Morgan fingerprint density at radius 3 is 3.11 bits per heavy atom. The summed E-state index contributed by atoms with van der Waals surface area (Å²) in [6, 6.07) is 4.47.